The highest BCUT2D eigenvalue weighted by Gasteiger charge is 1.89. The number of hydrogen-bond acceptors (Lipinski definition) is 2. The van der Waals surface area contributed by atoms with Crippen molar-refractivity contribution in [1.29, 1.82) is 5.26 Å². The number of aromatic nitrogens is 2. The second-order valence-electron chi connectivity index (χ2n) is 1.37. The van der Waals surface area contributed by atoms with Crippen LogP contribution in [0.25, 0.3) is 0 Å². The molecule has 1 aromatic heterocycles. The molecule has 0 aliphatic heterocycles. The van der Waals surface area contributed by atoms with Gasteiger partial charge in [-0.3, -0.25) is 0 Å². The minimum atomic E-state index is 0.315. The van der Waals surface area contributed by atoms with Crippen molar-refractivity contribution in [2.75, 3.05) is 0 Å². The maximum Gasteiger partial charge on any atom is 0.210 e. The van der Waals surface area contributed by atoms with Crippen LogP contribution in [0.15, 0.2) is 6.20 Å². The van der Waals surface area contributed by atoms with Crippen LogP contribution in [0.5, 0.6) is 0 Å². The normalized spacial score (nSPS) is 8.50. The van der Waals surface area contributed by atoms with Gasteiger partial charge >= 0.3 is 0 Å². The van der Waals surface area contributed by atoms with Crippen LogP contribution < -0.4 is 0 Å². The highest BCUT2D eigenvalue weighted by atomic mass is 14.9. The topological polar surface area (TPSA) is 52.5 Å². The molecule has 0 aromatic carbocycles. The van der Waals surface area contributed by atoms with Crippen molar-refractivity contribution in [2.45, 2.75) is 0 Å². The quantitative estimate of drug-likeness (QED) is 0.522. The number of H-pyrrole nitrogens is 1. The number of nitrogens with one attached hydrogen (secondary N) is 1. The van der Waals surface area contributed by atoms with Crippen LogP contribution in [-0.4, -0.2) is 9.97 Å². The second-order valence-corrected chi connectivity index (χ2v) is 1.37. The van der Waals surface area contributed by atoms with E-state index in [0.29, 0.717) is 11.5 Å². The summed E-state index contributed by atoms with van der Waals surface area (Å²) >= 11 is 0. The Hall–Kier alpha value is -1.30. The predicted molar refractivity (Wildman–Crippen MR) is 27.8 cm³/mol. The summed E-state index contributed by atoms with van der Waals surface area (Å²) in [5.41, 5.74) is 0.668. The fraction of sp³-hybridized carbons (Fsp3) is 0. The zero-order chi connectivity index (χ0) is 5.98. The van der Waals surface area contributed by atoms with Gasteiger partial charge in [0.05, 0.1) is 0 Å². The molecule has 1 radical (unpaired) electrons. The first-order valence-corrected chi connectivity index (χ1v) is 2.10. The summed E-state index contributed by atoms with van der Waals surface area (Å²) < 4.78 is 0. The van der Waals surface area contributed by atoms with E-state index in [0.717, 1.165) is 0 Å². The molecular weight excluding hydrogens is 102 g/mol. The van der Waals surface area contributed by atoms with Gasteiger partial charge in [-0.05, 0) is 6.92 Å². The highest BCUT2D eigenvalue weighted by molar-refractivity contribution is 5.14. The molecule has 0 amide bonds. The largest absolute Gasteiger partial charge is 0.333 e. The number of rotatable bonds is 0. The van der Waals surface area contributed by atoms with Crippen molar-refractivity contribution < 1.29 is 0 Å². The molecule has 0 saturated heterocycles. The van der Waals surface area contributed by atoms with Gasteiger partial charge < -0.3 is 4.98 Å². The first kappa shape index (κ1) is 4.85. The summed E-state index contributed by atoms with van der Waals surface area (Å²) in [4.78, 5) is 6.30. The Morgan fingerprint density at radius 2 is 2.62 bits per heavy atom. The van der Waals surface area contributed by atoms with Gasteiger partial charge in [-0.1, -0.05) is 0 Å². The van der Waals surface area contributed by atoms with Crippen molar-refractivity contribution >= 4 is 0 Å². The van der Waals surface area contributed by atoms with E-state index in [4.69, 9.17) is 5.26 Å². The van der Waals surface area contributed by atoms with Crippen LogP contribution in [0.4, 0.5) is 0 Å². The van der Waals surface area contributed by atoms with Gasteiger partial charge in [0.2, 0.25) is 5.82 Å². The third-order valence-electron chi connectivity index (χ3n) is 0.734. The Labute approximate surface area is 47.0 Å². The molecule has 1 heterocycles. The van der Waals surface area contributed by atoms with Gasteiger partial charge in [0.15, 0.2) is 0 Å². The smallest absolute Gasteiger partial charge is 0.210 e. The lowest BCUT2D eigenvalue weighted by Crippen LogP contribution is -1.73. The van der Waals surface area contributed by atoms with Gasteiger partial charge in [-0.2, -0.15) is 5.26 Å². The van der Waals surface area contributed by atoms with E-state index >= 15 is 0 Å². The summed E-state index contributed by atoms with van der Waals surface area (Å²) in [5, 5.41) is 8.18. The fourth-order valence-electron chi connectivity index (χ4n) is 0.416. The van der Waals surface area contributed by atoms with Crippen LogP contribution >= 0.6 is 0 Å². The molecule has 3 nitrogen and oxygen atoms in total. The van der Waals surface area contributed by atoms with Crippen molar-refractivity contribution in [3.63, 3.8) is 0 Å². The highest BCUT2D eigenvalue weighted by Crippen LogP contribution is 1.90. The average molecular weight is 106 g/mol. The van der Waals surface area contributed by atoms with Crippen molar-refractivity contribution in [1.82, 2.24) is 9.97 Å². The number of nitrogens with zero attached hydrogens (tertiary/aromatic N) is 2. The monoisotopic (exact) mass is 106 g/mol. The molecule has 0 aliphatic carbocycles. The van der Waals surface area contributed by atoms with Crippen LogP contribution in [-0.2, 0) is 0 Å². The molecule has 0 bridgehead atoms. The SMILES string of the molecule is [CH2]c1cnc(C#N)[nH]1. The Morgan fingerprint density at radius 1 is 1.88 bits per heavy atom. The molecule has 0 fully saturated rings. The number of hydrogen-bond donors (Lipinski definition) is 1. The van der Waals surface area contributed by atoms with Gasteiger partial charge in [-0.15, -0.1) is 0 Å². The first-order chi connectivity index (χ1) is 3.83. The lowest BCUT2D eigenvalue weighted by atomic mass is 10.6. The van der Waals surface area contributed by atoms with Gasteiger partial charge in [0.25, 0.3) is 0 Å². The van der Waals surface area contributed by atoms with Crippen molar-refractivity contribution in [3.8, 4) is 6.07 Å². The van der Waals surface area contributed by atoms with E-state index in [1.54, 1.807) is 0 Å². The maximum atomic E-state index is 8.18. The third kappa shape index (κ3) is 0.684. The van der Waals surface area contributed by atoms with Crippen LogP contribution in [0, 0.1) is 18.3 Å². The number of nitriles is 1. The van der Waals surface area contributed by atoms with E-state index in [1.807, 2.05) is 6.07 Å². The lowest BCUT2D eigenvalue weighted by Gasteiger charge is -1.72. The van der Waals surface area contributed by atoms with E-state index in [9.17, 15) is 0 Å². The van der Waals surface area contributed by atoms with Crippen molar-refractivity contribution in [3.05, 3.63) is 24.6 Å². The minimum absolute atomic E-state index is 0.315. The molecule has 0 saturated carbocycles. The molecule has 1 N–H and O–H groups in total. The van der Waals surface area contributed by atoms with E-state index < -0.39 is 0 Å². The van der Waals surface area contributed by atoms with Gasteiger partial charge in [0, 0.05) is 11.9 Å². The summed E-state index contributed by atoms with van der Waals surface area (Å²) in [5.74, 6) is 0.315. The Bertz CT molecular complexity index is 218. The van der Waals surface area contributed by atoms with Crippen LogP contribution in [0.1, 0.15) is 11.5 Å². The molecule has 39 valence electrons. The van der Waals surface area contributed by atoms with Gasteiger partial charge in [-0.25, -0.2) is 4.98 Å². The summed E-state index contributed by atoms with van der Waals surface area (Å²) in [7, 11) is 0. The summed E-state index contributed by atoms with van der Waals surface area (Å²) in [6.45, 7) is 3.52. The molecular formula is C5H4N3. The molecule has 1 aromatic rings. The standard InChI is InChI=1S/C5H4N3/c1-4-3-7-5(2-6)8-4/h3H,1H2,(H,7,8). The first-order valence-electron chi connectivity index (χ1n) is 2.10. The zero-order valence-electron chi connectivity index (χ0n) is 4.18. The number of imidazole rings is 1. The second kappa shape index (κ2) is 1.66. The van der Waals surface area contributed by atoms with Crippen LogP contribution in [0.3, 0.4) is 0 Å². The molecule has 0 atom stereocenters. The van der Waals surface area contributed by atoms with E-state index in [-0.39, 0.29) is 0 Å². The van der Waals surface area contributed by atoms with Gasteiger partial charge in [0.1, 0.15) is 6.07 Å². The predicted octanol–water partition coefficient (Wildman–Crippen LogP) is 0.464. The summed E-state index contributed by atoms with van der Waals surface area (Å²) in [6, 6.07) is 1.84. The average Bonchev–Trinajstić information content (AvgIpc) is 2.14. The maximum absolute atomic E-state index is 8.18. The molecule has 3 heteroatoms. The Kier molecular flexibility index (Phi) is 1.01. The minimum Gasteiger partial charge on any atom is -0.333 e. The van der Waals surface area contributed by atoms with E-state index in [1.165, 1.54) is 6.20 Å². The third-order valence-corrected chi connectivity index (χ3v) is 0.734. The lowest BCUT2D eigenvalue weighted by molar-refractivity contribution is 1.22. The Morgan fingerprint density at radius 3 is 2.88 bits per heavy atom. The van der Waals surface area contributed by atoms with Crippen LogP contribution in [0.2, 0.25) is 0 Å². The Balaban J connectivity index is 3.05. The molecule has 0 spiro atoms. The number of aromatic amines is 1. The molecule has 1 rings (SSSR count). The van der Waals surface area contributed by atoms with Crippen molar-refractivity contribution in [2.24, 2.45) is 0 Å². The fourth-order valence-corrected chi connectivity index (χ4v) is 0.416. The zero-order valence-corrected chi connectivity index (χ0v) is 4.18. The van der Waals surface area contributed by atoms with E-state index in [2.05, 4.69) is 16.9 Å². The summed E-state index contributed by atoms with van der Waals surface area (Å²) in [6.07, 6.45) is 1.51. The molecule has 0 unspecified atom stereocenters. The molecule has 0 aliphatic rings. The molecule has 8 heavy (non-hydrogen) atoms.